The van der Waals surface area contributed by atoms with Crippen molar-refractivity contribution in [2.24, 2.45) is 0 Å². The third-order valence-electron chi connectivity index (χ3n) is 3.79. The molecule has 0 amide bonds. The van der Waals surface area contributed by atoms with Crippen LogP contribution in [0.4, 0.5) is 5.69 Å². The van der Waals surface area contributed by atoms with Crippen molar-refractivity contribution in [2.75, 3.05) is 11.4 Å². The fourth-order valence-electron chi connectivity index (χ4n) is 2.53. The predicted octanol–water partition coefficient (Wildman–Crippen LogP) is 4.68. The molecule has 2 nitrogen and oxygen atoms in total. The number of halogens is 1. The number of anilines is 1. The summed E-state index contributed by atoms with van der Waals surface area (Å²) in [7, 11) is 0. The minimum Gasteiger partial charge on any atom is -0.362 e. The van der Waals surface area contributed by atoms with Gasteiger partial charge in [-0.25, -0.2) is 0 Å². The minimum absolute atomic E-state index is 0.657. The van der Waals surface area contributed by atoms with E-state index >= 15 is 0 Å². The lowest BCUT2D eigenvalue weighted by molar-refractivity contribution is 0.726. The molecule has 0 saturated heterocycles. The van der Waals surface area contributed by atoms with Crippen molar-refractivity contribution in [1.82, 2.24) is 5.32 Å². The van der Waals surface area contributed by atoms with Gasteiger partial charge in [0, 0.05) is 17.5 Å². The first-order chi connectivity index (χ1) is 10.3. The normalized spacial score (nSPS) is 14.4. The molecule has 1 aromatic heterocycles. The molecule has 1 heterocycles. The highest BCUT2D eigenvalue weighted by Crippen LogP contribution is 2.37. The van der Waals surface area contributed by atoms with E-state index < -0.39 is 0 Å². The molecule has 0 unspecified atom stereocenters. The SMILES string of the molecule is CCNCc1ccc(N(Cc2cccs2)C2CC2)c(Cl)c1. The van der Waals surface area contributed by atoms with Crippen molar-refractivity contribution in [2.45, 2.75) is 38.9 Å². The number of benzene rings is 1. The van der Waals surface area contributed by atoms with Gasteiger partial charge < -0.3 is 10.2 Å². The summed E-state index contributed by atoms with van der Waals surface area (Å²) in [6.45, 7) is 4.94. The fraction of sp³-hybridized carbons (Fsp3) is 0.412. The molecule has 1 aliphatic rings. The topological polar surface area (TPSA) is 15.3 Å². The summed E-state index contributed by atoms with van der Waals surface area (Å²) in [6.07, 6.45) is 2.56. The van der Waals surface area contributed by atoms with Crippen molar-refractivity contribution in [3.05, 3.63) is 51.2 Å². The smallest absolute Gasteiger partial charge is 0.0643 e. The molecule has 2 aromatic rings. The zero-order chi connectivity index (χ0) is 14.7. The Morgan fingerprint density at radius 2 is 2.19 bits per heavy atom. The Bertz CT molecular complexity index is 578. The molecule has 1 fully saturated rings. The largest absolute Gasteiger partial charge is 0.362 e. The van der Waals surface area contributed by atoms with Gasteiger partial charge in [-0.1, -0.05) is 30.7 Å². The lowest BCUT2D eigenvalue weighted by Gasteiger charge is -2.25. The van der Waals surface area contributed by atoms with Crippen molar-refractivity contribution in [3.8, 4) is 0 Å². The number of nitrogens with one attached hydrogen (secondary N) is 1. The van der Waals surface area contributed by atoms with E-state index in [2.05, 4.69) is 52.9 Å². The van der Waals surface area contributed by atoms with E-state index in [4.69, 9.17) is 11.6 Å². The Kier molecular flexibility index (Phi) is 4.84. The van der Waals surface area contributed by atoms with Crippen LogP contribution in [0, 0.1) is 0 Å². The molecule has 1 N–H and O–H groups in total. The molecular weight excluding hydrogens is 300 g/mol. The van der Waals surface area contributed by atoms with Crippen LogP contribution in [0.2, 0.25) is 5.02 Å². The van der Waals surface area contributed by atoms with Crippen LogP contribution in [0.25, 0.3) is 0 Å². The lowest BCUT2D eigenvalue weighted by atomic mass is 10.2. The molecule has 112 valence electrons. The molecule has 1 aromatic carbocycles. The summed E-state index contributed by atoms with van der Waals surface area (Å²) < 4.78 is 0. The second kappa shape index (κ2) is 6.82. The van der Waals surface area contributed by atoms with Crippen molar-refractivity contribution in [3.63, 3.8) is 0 Å². The number of nitrogens with zero attached hydrogens (tertiary/aromatic N) is 1. The quantitative estimate of drug-likeness (QED) is 0.797. The minimum atomic E-state index is 0.657. The highest BCUT2D eigenvalue weighted by molar-refractivity contribution is 7.09. The number of rotatable bonds is 7. The van der Waals surface area contributed by atoms with Crippen molar-refractivity contribution >= 4 is 28.6 Å². The van der Waals surface area contributed by atoms with Gasteiger partial charge >= 0.3 is 0 Å². The molecule has 21 heavy (non-hydrogen) atoms. The molecule has 3 rings (SSSR count). The molecule has 0 aliphatic heterocycles. The molecule has 4 heteroatoms. The summed E-state index contributed by atoms with van der Waals surface area (Å²) in [6, 6.07) is 11.4. The average molecular weight is 321 g/mol. The Morgan fingerprint density at radius 3 is 2.81 bits per heavy atom. The van der Waals surface area contributed by atoms with E-state index in [0.717, 1.165) is 24.7 Å². The van der Waals surface area contributed by atoms with Gasteiger partial charge in [0.2, 0.25) is 0 Å². The van der Waals surface area contributed by atoms with Gasteiger partial charge in [0.15, 0.2) is 0 Å². The van der Waals surface area contributed by atoms with E-state index in [1.54, 1.807) is 0 Å². The molecule has 1 aliphatic carbocycles. The van der Waals surface area contributed by atoms with Crippen LogP contribution in [0.15, 0.2) is 35.7 Å². The highest BCUT2D eigenvalue weighted by atomic mass is 35.5. The van der Waals surface area contributed by atoms with Crippen LogP contribution < -0.4 is 10.2 Å². The molecular formula is C17H21ClN2S. The molecule has 0 spiro atoms. The Labute approximate surface area is 135 Å². The van der Waals surface area contributed by atoms with Gasteiger partial charge in [-0.3, -0.25) is 0 Å². The Hall–Kier alpha value is -1.03. The standard InChI is InChI=1S/C17H21ClN2S/c1-2-19-11-13-5-8-17(16(18)10-13)20(14-6-7-14)12-15-4-3-9-21-15/h3-5,8-10,14,19H,2,6-7,11-12H2,1H3. The third kappa shape index (κ3) is 3.79. The summed E-state index contributed by atoms with van der Waals surface area (Å²) in [5.74, 6) is 0. The van der Waals surface area contributed by atoms with E-state index in [-0.39, 0.29) is 0 Å². The van der Waals surface area contributed by atoms with Crippen LogP contribution >= 0.6 is 22.9 Å². The Balaban J connectivity index is 1.79. The maximum absolute atomic E-state index is 6.55. The number of hydrogen-bond acceptors (Lipinski definition) is 3. The maximum Gasteiger partial charge on any atom is 0.0643 e. The Morgan fingerprint density at radius 1 is 1.33 bits per heavy atom. The van der Waals surface area contributed by atoms with Crippen molar-refractivity contribution in [1.29, 1.82) is 0 Å². The molecule has 0 bridgehead atoms. The maximum atomic E-state index is 6.55. The van der Waals surface area contributed by atoms with Crippen LogP contribution in [0.1, 0.15) is 30.2 Å². The molecule has 0 radical (unpaired) electrons. The van der Waals surface area contributed by atoms with Gasteiger partial charge in [-0.15, -0.1) is 11.3 Å². The fourth-order valence-corrected chi connectivity index (χ4v) is 3.54. The molecule has 1 saturated carbocycles. The predicted molar refractivity (Wildman–Crippen MR) is 92.4 cm³/mol. The summed E-state index contributed by atoms with van der Waals surface area (Å²) in [5.41, 5.74) is 2.42. The molecule has 0 atom stereocenters. The van der Waals surface area contributed by atoms with E-state index in [9.17, 15) is 0 Å². The van der Waals surface area contributed by atoms with Crippen LogP contribution in [0.3, 0.4) is 0 Å². The van der Waals surface area contributed by atoms with Gasteiger partial charge in [0.05, 0.1) is 17.3 Å². The van der Waals surface area contributed by atoms with E-state index in [1.807, 2.05) is 11.3 Å². The summed E-state index contributed by atoms with van der Waals surface area (Å²) in [4.78, 5) is 3.86. The second-order valence-electron chi connectivity index (χ2n) is 5.50. The number of hydrogen-bond donors (Lipinski definition) is 1. The average Bonchev–Trinajstić information content (AvgIpc) is 3.20. The highest BCUT2D eigenvalue weighted by Gasteiger charge is 2.30. The van der Waals surface area contributed by atoms with Crippen LogP contribution in [-0.2, 0) is 13.1 Å². The first-order valence-electron chi connectivity index (χ1n) is 7.56. The van der Waals surface area contributed by atoms with Gasteiger partial charge in [0.25, 0.3) is 0 Å². The second-order valence-corrected chi connectivity index (χ2v) is 6.94. The summed E-state index contributed by atoms with van der Waals surface area (Å²) >= 11 is 8.37. The van der Waals surface area contributed by atoms with Crippen LogP contribution in [-0.4, -0.2) is 12.6 Å². The monoisotopic (exact) mass is 320 g/mol. The van der Waals surface area contributed by atoms with Crippen LogP contribution in [0.5, 0.6) is 0 Å². The van der Waals surface area contributed by atoms with E-state index in [0.29, 0.717) is 6.04 Å². The first kappa shape index (κ1) is 14.9. The zero-order valence-corrected chi connectivity index (χ0v) is 13.9. The summed E-state index contributed by atoms with van der Waals surface area (Å²) in [5, 5.41) is 6.35. The van der Waals surface area contributed by atoms with E-state index in [1.165, 1.54) is 29.0 Å². The lowest BCUT2D eigenvalue weighted by Crippen LogP contribution is -2.25. The van der Waals surface area contributed by atoms with Gasteiger partial charge in [0.1, 0.15) is 0 Å². The van der Waals surface area contributed by atoms with Gasteiger partial charge in [-0.05, 0) is 48.5 Å². The number of thiophene rings is 1. The van der Waals surface area contributed by atoms with Crippen molar-refractivity contribution < 1.29 is 0 Å². The first-order valence-corrected chi connectivity index (χ1v) is 8.82. The third-order valence-corrected chi connectivity index (χ3v) is 4.96. The zero-order valence-electron chi connectivity index (χ0n) is 12.3. The van der Waals surface area contributed by atoms with Gasteiger partial charge in [-0.2, -0.15) is 0 Å².